The van der Waals surface area contributed by atoms with Gasteiger partial charge in [0.05, 0.1) is 6.61 Å². The van der Waals surface area contributed by atoms with Crippen molar-refractivity contribution in [3.63, 3.8) is 0 Å². The van der Waals surface area contributed by atoms with Crippen LogP contribution in [0.4, 0.5) is 4.39 Å². The lowest BCUT2D eigenvalue weighted by molar-refractivity contribution is 0.304. The second kappa shape index (κ2) is 6.40. The van der Waals surface area contributed by atoms with E-state index in [9.17, 15) is 4.39 Å². The standard InChI is InChI=1S/C12H18FNO/c1-2-3-4-7-15-11-6-5-10(9-14)12(13)8-11/h5-6,8H,2-4,7,9,14H2,1H3. The number of unbranched alkanes of at least 4 members (excludes halogenated alkanes) is 2. The molecule has 0 aliphatic carbocycles. The highest BCUT2D eigenvalue weighted by molar-refractivity contribution is 5.28. The summed E-state index contributed by atoms with van der Waals surface area (Å²) in [6, 6.07) is 4.83. The van der Waals surface area contributed by atoms with Gasteiger partial charge < -0.3 is 10.5 Å². The molecule has 15 heavy (non-hydrogen) atoms. The first-order valence-electron chi connectivity index (χ1n) is 5.39. The summed E-state index contributed by atoms with van der Waals surface area (Å²) < 4.78 is 18.7. The Balaban J connectivity index is 2.45. The van der Waals surface area contributed by atoms with Crippen LogP contribution in [0.15, 0.2) is 18.2 Å². The number of ether oxygens (including phenoxy) is 1. The van der Waals surface area contributed by atoms with Crippen LogP contribution in [0.25, 0.3) is 0 Å². The molecule has 0 fully saturated rings. The fourth-order valence-corrected chi connectivity index (χ4v) is 1.33. The summed E-state index contributed by atoms with van der Waals surface area (Å²) in [4.78, 5) is 0. The van der Waals surface area contributed by atoms with E-state index in [0.29, 0.717) is 17.9 Å². The molecule has 1 rings (SSSR count). The van der Waals surface area contributed by atoms with Gasteiger partial charge in [-0.05, 0) is 12.5 Å². The zero-order chi connectivity index (χ0) is 11.1. The van der Waals surface area contributed by atoms with Crippen LogP contribution in [0, 0.1) is 5.82 Å². The Morgan fingerprint density at radius 2 is 2.13 bits per heavy atom. The highest BCUT2D eigenvalue weighted by Crippen LogP contribution is 2.16. The van der Waals surface area contributed by atoms with E-state index in [4.69, 9.17) is 10.5 Å². The number of nitrogens with two attached hydrogens (primary N) is 1. The molecule has 0 radical (unpaired) electrons. The van der Waals surface area contributed by atoms with Gasteiger partial charge in [-0.25, -0.2) is 4.39 Å². The van der Waals surface area contributed by atoms with E-state index >= 15 is 0 Å². The Morgan fingerprint density at radius 1 is 1.33 bits per heavy atom. The summed E-state index contributed by atoms with van der Waals surface area (Å²) >= 11 is 0. The van der Waals surface area contributed by atoms with E-state index in [-0.39, 0.29) is 12.4 Å². The number of halogens is 1. The van der Waals surface area contributed by atoms with Gasteiger partial charge in [-0.15, -0.1) is 0 Å². The third kappa shape index (κ3) is 3.88. The average molecular weight is 211 g/mol. The highest BCUT2D eigenvalue weighted by atomic mass is 19.1. The maximum Gasteiger partial charge on any atom is 0.131 e. The van der Waals surface area contributed by atoms with Crippen molar-refractivity contribution in [1.82, 2.24) is 0 Å². The van der Waals surface area contributed by atoms with E-state index in [0.717, 1.165) is 19.3 Å². The van der Waals surface area contributed by atoms with Gasteiger partial charge in [0.2, 0.25) is 0 Å². The SMILES string of the molecule is CCCCCOc1ccc(CN)c(F)c1. The Kier molecular flexibility index (Phi) is 5.12. The summed E-state index contributed by atoms with van der Waals surface area (Å²) in [6.07, 6.45) is 3.31. The van der Waals surface area contributed by atoms with Gasteiger partial charge in [-0.3, -0.25) is 0 Å². The van der Waals surface area contributed by atoms with Crippen LogP contribution >= 0.6 is 0 Å². The van der Waals surface area contributed by atoms with Gasteiger partial charge >= 0.3 is 0 Å². The fraction of sp³-hybridized carbons (Fsp3) is 0.500. The van der Waals surface area contributed by atoms with E-state index in [1.165, 1.54) is 6.07 Å². The van der Waals surface area contributed by atoms with Crippen LogP contribution in [-0.4, -0.2) is 6.61 Å². The predicted molar refractivity (Wildman–Crippen MR) is 59.3 cm³/mol. The van der Waals surface area contributed by atoms with E-state index in [2.05, 4.69) is 6.92 Å². The van der Waals surface area contributed by atoms with Crippen LogP contribution < -0.4 is 10.5 Å². The maximum absolute atomic E-state index is 13.3. The van der Waals surface area contributed by atoms with Crippen molar-refractivity contribution in [3.05, 3.63) is 29.6 Å². The first-order chi connectivity index (χ1) is 7.27. The smallest absolute Gasteiger partial charge is 0.131 e. The normalized spacial score (nSPS) is 10.3. The summed E-state index contributed by atoms with van der Waals surface area (Å²) in [5, 5.41) is 0. The summed E-state index contributed by atoms with van der Waals surface area (Å²) in [5.74, 6) is 0.297. The minimum absolute atomic E-state index is 0.224. The molecule has 0 spiro atoms. The summed E-state index contributed by atoms with van der Waals surface area (Å²) in [7, 11) is 0. The van der Waals surface area contributed by atoms with Crippen molar-refractivity contribution in [2.75, 3.05) is 6.61 Å². The Bertz CT molecular complexity index is 302. The predicted octanol–water partition coefficient (Wildman–Crippen LogP) is 2.85. The van der Waals surface area contributed by atoms with Gasteiger partial charge in [0, 0.05) is 18.2 Å². The molecule has 0 saturated carbocycles. The second-order valence-corrected chi connectivity index (χ2v) is 3.51. The van der Waals surface area contributed by atoms with Gasteiger partial charge in [0.25, 0.3) is 0 Å². The minimum atomic E-state index is -0.287. The number of hydrogen-bond acceptors (Lipinski definition) is 2. The molecule has 2 nitrogen and oxygen atoms in total. The van der Waals surface area contributed by atoms with Gasteiger partial charge in [-0.2, -0.15) is 0 Å². The molecule has 0 aromatic heterocycles. The summed E-state index contributed by atoms with van der Waals surface area (Å²) in [5.41, 5.74) is 5.88. The van der Waals surface area contributed by atoms with Crippen molar-refractivity contribution >= 4 is 0 Å². The zero-order valence-electron chi connectivity index (χ0n) is 9.13. The van der Waals surface area contributed by atoms with Crippen LogP contribution in [0.3, 0.4) is 0 Å². The Labute approximate surface area is 90.2 Å². The zero-order valence-corrected chi connectivity index (χ0v) is 9.13. The molecule has 0 aliphatic rings. The molecule has 0 aliphatic heterocycles. The molecule has 0 amide bonds. The third-order valence-corrected chi connectivity index (χ3v) is 2.26. The van der Waals surface area contributed by atoms with Gasteiger partial charge in [-0.1, -0.05) is 25.8 Å². The molecule has 2 N–H and O–H groups in total. The number of rotatable bonds is 6. The third-order valence-electron chi connectivity index (χ3n) is 2.26. The van der Waals surface area contributed by atoms with Crippen LogP contribution in [-0.2, 0) is 6.54 Å². The quantitative estimate of drug-likeness (QED) is 0.734. The molecule has 0 saturated heterocycles. The molecule has 0 unspecified atom stereocenters. The first-order valence-corrected chi connectivity index (χ1v) is 5.39. The van der Waals surface area contributed by atoms with Crippen LogP contribution in [0.5, 0.6) is 5.75 Å². The molecule has 84 valence electrons. The van der Waals surface area contributed by atoms with E-state index in [1.54, 1.807) is 12.1 Å². The number of hydrogen-bond donors (Lipinski definition) is 1. The first kappa shape index (κ1) is 12.0. The lowest BCUT2D eigenvalue weighted by atomic mass is 10.2. The van der Waals surface area contributed by atoms with Crippen molar-refractivity contribution in [1.29, 1.82) is 0 Å². The maximum atomic E-state index is 13.3. The molecule has 0 atom stereocenters. The van der Waals surface area contributed by atoms with Crippen LogP contribution in [0.2, 0.25) is 0 Å². The highest BCUT2D eigenvalue weighted by Gasteiger charge is 2.02. The second-order valence-electron chi connectivity index (χ2n) is 3.51. The lowest BCUT2D eigenvalue weighted by Gasteiger charge is -2.07. The van der Waals surface area contributed by atoms with E-state index in [1.807, 2.05) is 0 Å². The molecule has 1 aromatic carbocycles. The monoisotopic (exact) mass is 211 g/mol. The van der Waals surface area contributed by atoms with E-state index < -0.39 is 0 Å². The molecule has 3 heteroatoms. The fourth-order valence-electron chi connectivity index (χ4n) is 1.33. The largest absolute Gasteiger partial charge is 0.493 e. The molecular weight excluding hydrogens is 193 g/mol. The molecule has 0 bridgehead atoms. The topological polar surface area (TPSA) is 35.2 Å². The van der Waals surface area contributed by atoms with Crippen LogP contribution in [0.1, 0.15) is 31.7 Å². The minimum Gasteiger partial charge on any atom is -0.493 e. The molecular formula is C12H18FNO. The van der Waals surface area contributed by atoms with Crippen molar-refractivity contribution in [2.24, 2.45) is 5.73 Å². The Hall–Kier alpha value is -1.09. The van der Waals surface area contributed by atoms with Gasteiger partial charge in [0.15, 0.2) is 0 Å². The van der Waals surface area contributed by atoms with Crippen molar-refractivity contribution in [2.45, 2.75) is 32.7 Å². The molecule has 0 heterocycles. The summed E-state index contributed by atoms with van der Waals surface area (Å²) in [6.45, 7) is 3.01. The van der Waals surface area contributed by atoms with Crippen molar-refractivity contribution in [3.8, 4) is 5.75 Å². The lowest BCUT2D eigenvalue weighted by Crippen LogP contribution is -2.01. The Morgan fingerprint density at radius 3 is 2.73 bits per heavy atom. The van der Waals surface area contributed by atoms with Gasteiger partial charge in [0.1, 0.15) is 11.6 Å². The van der Waals surface area contributed by atoms with Crippen molar-refractivity contribution < 1.29 is 9.13 Å². The molecule has 1 aromatic rings. The number of benzene rings is 1. The average Bonchev–Trinajstić information content (AvgIpc) is 2.25.